The van der Waals surface area contributed by atoms with E-state index in [4.69, 9.17) is 11.6 Å². The van der Waals surface area contributed by atoms with Crippen molar-refractivity contribution in [3.63, 3.8) is 0 Å². The quantitative estimate of drug-likeness (QED) is 0.934. The van der Waals surface area contributed by atoms with E-state index in [9.17, 15) is 9.59 Å². The Morgan fingerprint density at radius 3 is 2.96 bits per heavy atom. The van der Waals surface area contributed by atoms with Crippen molar-refractivity contribution in [1.82, 2.24) is 15.1 Å². The number of halogens is 1. The summed E-state index contributed by atoms with van der Waals surface area (Å²) in [5.74, 6) is -0.252. The minimum atomic E-state index is -0.657. The van der Waals surface area contributed by atoms with Crippen LogP contribution in [0.3, 0.4) is 0 Å². The number of carbonyl (C=O) groups excluding carboxylic acids is 1. The number of carbonyl (C=O) groups is 1. The molecule has 120 valence electrons. The molecule has 1 amide bonds. The number of nitrogens with one attached hydrogen (secondary N) is 1. The second-order valence-electron chi connectivity index (χ2n) is 5.74. The van der Waals surface area contributed by atoms with Crippen LogP contribution in [0.4, 0.5) is 0 Å². The van der Waals surface area contributed by atoms with E-state index in [1.807, 2.05) is 18.2 Å². The number of nitrogens with zero attached hydrogens (tertiary/aromatic N) is 2. The van der Waals surface area contributed by atoms with Crippen LogP contribution in [-0.4, -0.2) is 15.7 Å². The first-order valence-corrected chi connectivity index (χ1v) is 8.07. The number of benzene rings is 1. The fraction of sp³-hybridized carbons (Fsp3) is 0.353. The Hall–Kier alpha value is -2.14. The first-order chi connectivity index (χ1) is 11.1. The predicted molar refractivity (Wildman–Crippen MR) is 88.5 cm³/mol. The number of hydrogen-bond donors (Lipinski definition) is 1. The lowest BCUT2D eigenvalue weighted by atomic mass is 10.2. The number of rotatable bonds is 4. The molecule has 1 aliphatic carbocycles. The van der Waals surface area contributed by atoms with E-state index < -0.39 is 6.04 Å². The molecular weight excluding hydrogens is 314 g/mol. The summed E-state index contributed by atoms with van der Waals surface area (Å²) < 4.78 is 1.27. The normalized spacial score (nSPS) is 14.3. The monoisotopic (exact) mass is 331 g/mol. The highest BCUT2D eigenvalue weighted by Gasteiger charge is 2.21. The average molecular weight is 332 g/mol. The molecule has 6 heteroatoms. The van der Waals surface area contributed by atoms with Crippen LogP contribution >= 0.6 is 11.6 Å². The molecule has 0 aliphatic heterocycles. The molecule has 1 atom stereocenters. The third-order valence-electron chi connectivity index (χ3n) is 4.14. The largest absolute Gasteiger partial charge is 0.350 e. The smallest absolute Gasteiger partial charge is 0.267 e. The van der Waals surface area contributed by atoms with Crippen LogP contribution in [0.2, 0.25) is 5.02 Å². The SMILES string of the molecule is CC(C(=O)NCc1ccccc1Cl)n1nc2c(cc1=O)CCC2. The molecule has 0 saturated carbocycles. The summed E-state index contributed by atoms with van der Waals surface area (Å²) in [6.07, 6.45) is 2.77. The van der Waals surface area contributed by atoms with Gasteiger partial charge in [0.25, 0.3) is 5.56 Å². The zero-order valence-electron chi connectivity index (χ0n) is 12.9. The molecule has 1 aromatic carbocycles. The third kappa shape index (κ3) is 3.29. The van der Waals surface area contributed by atoms with Gasteiger partial charge in [0.05, 0.1) is 5.69 Å². The van der Waals surface area contributed by atoms with Crippen LogP contribution < -0.4 is 10.9 Å². The third-order valence-corrected chi connectivity index (χ3v) is 4.51. The van der Waals surface area contributed by atoms with E-state index in [1.165, 1.54) is 4.68 Å². The van der Waals surface area contributed by atoms with E-state index in [1.54, 1.807) is 19.1 Å². The Bertz CT molecular complexity index is 801. The van der Waals surface area contributed by atoms with Gasteiger partial charge < -0.3 is 5.32 Å². The molecule has 1 unspecified atom stereocenters. The number of aromatic nitrogens is 2. The average Bonchev–Trinajstić information content (AvgIpc) is 2.99. The topological polar surface area (TPSA) is 64.0 Å². The lowest BCUT2D eigenvalue weighted by Crippen LogP contribution is -2.37. The molecule has 1 N–H and O–H groups in total. The number of aryl methyl sites for hydroxylation is 2. The van der Waals surface area contributed by atoms with Crippen molar-refractivity contribution in [2.24, 2.45) is 0 Å². The Kier molecular flexibility index (Phi) is 4.48. The van der Waals surface area contributed by atoms with Crippen LogP contribution in [0.25, 0.3) is 0 Å². The van der Waals surface area contributed by atoms with Gasteiger partial charge in [-0.15, -0.1) is 0 Å². The van der Waals surface area contributed by atoms with Crippen molar-refractivity contribution in [2.75, 3.05) is 0 Å². The summed E-state index contributed by atoms with van der Waals surface area (Å²) in [4.78, 5) is 24.5. The Labute approximate surface area is 139 Å². The highest BCUT2D eigenvalue weighted by atomic mass is 35.5. The van der Waals surface area contributed by atoms with Gasteiger partial charge in [0.1, 0.15) is 6.04 Å². The summed E-state index contributed by atoms with van der Waals surface area (Å²) in [6.45, 7) is 2.00. The van der Waals surface area contributed by atoms with Gasteiger partial charge in [0.15, 0.2) is 0 Å². The van der Waals surface area contributed by atoms with Crippen molar-refractivity contribution in [1.29, 1.82) is 0 Å². The fourth-order valence-corrected chi connectivity index (χ4v) is 2.98. The van der Waals surface area contributed by atoms with Crippen molar-refractivity contribution < 1.29 is 4.79 Å². The van der Waals surface area contributed by atoms with Gasteiger partial charge in [-0.2, -0.15) is 5.10 Å². The van der Waals surface area contributed by atoms with Crippen LogP contribution in [0.15, 0.2) is 35.1 Å². The molecular formula is C17H18ClN3O2. The molecule has 0 spiro atoms. The van der Waals surface area contributed by atoms with Crippen LogP contribution in [0.5, 0.6) is 0 Å². The maximum Gasteiger partial charge on any atom is 0.267 e. The zero-order chi connectivity index (χ0) is 16.4. The van der Waals surface area contributed by atoms with Crippen molar-refractivity contribution in [2.45, 2.75) is 38.8 Å². The number of fused-ring (bicyclic) bond motifs is 1. The molecule has 2 aromatic rings. The second-order valence-corrected chi connectivity index (χ2v) is 6.15. The molecule has 1 aliphatic rings. The minimum Gasteiger partial charge on any atom is -0.350 e. The maximum atomic E-state index is 12.3. The van der Waals surface area contributed by atoms with Gasteiger partial charge in [-0.1, -0.05) is 29.8 Å². The lowest BCUT2D eigenvalue weighted by Gasteiger charge is -2.15. The molecule has 0 fully saturated rings. The second kappa shape index (κ2) is 6.54. The van der Waals surface area contributed by atoms with Crippen LogP contribution in [0, 0.1) is 0 Å². The summed E-state index contributed by atoms with van der Waals surface area (Å²) >= 11 is 6.07. The highest BCUT2D eigenvalue weighted by molar-refractivity contribution is 6.31. The Balaban J connectivity index is 1.73. The maximum absolute atomic E-state index is 12.3. The summed E-state index contributed by atoms with van der Waals surface area (Å²) in [7, 11) is 0. The van der Waals surface area contributed by atoms with Crippen LogP contribution in [0.1, 0.15) is 36.2 Å². The number of amides is 1. The van der Waals surface area contributed by atoms with Crippen molar-refractivity contribution in [3.8, 4) is 0 Å². The Morgan fingerprint density at radius 1 is 1.39 bits per heavy atom. The molecule has 23 heavy (non-hydrogen) atoms. The highest BCUT2D eigenvalue weighted by Crippen LogP contribution is 2.18. The van der Waals surface area contributed by atoms with E-state index >= 15 is 0 Å². The number of hydrogen-bond acceptors (Lipinski definition) is 3. The van der Waals surface area contributed by atoms with Gasteiger partial charge in [-0.3, -0.25) is 9.59 Å². The molecule has 5 nitrogen and oxygen atoms in total. The molecule has 1 aromatic heterocycles. The van der Waals surface area contributed by atoms with Gasteiger partial charge in [0.2, 0.25) is 5.91 Å². The van der Waals surface area contributed by atoms with Gasteiger partial charge >= 0.3 is 0 Å². The van der Waals surface area contributed by atoms with E-state index in [0.717, 1.165) is 36.1 Å². The summed E-state index contributed by atoms with van der Waals surface area (Å²) in [6, 6.07) is 8.28. The first kappa shape index (κ1) is 15.7. The van der Waals surface area contributed by atoms with Gasteiger partial charge in [0, 0.05) is 17.6 Å². The zero-order valence-corrected chi connectivity index (χ0v) is 13.6. The predicted octanol–water partition coefficient (Wildman–Crippen LogP) is 2.26. The molecule has 0 radical (unpaired) electrons. The molecule has 0 saturated heterocycles. The Morgan fingerprint density at radius 2 is 2.17 bits per heavy atom. The standard InChI is InChI=1S/C17H18ClN3O2/c1-11(17(23)19-10-13-5-2-3-7-14(13)18)21-16(22)9-12-6-4-8-15(12)20-21/h2-3,5,7,9,11H,4,6,8,10H2,1H3,(H,19,23). The van der Waals surface area contributed by atoms with Crippen molar-refractivity contribution in [3.05, 3.63) is 62.5 Å². The first-order valence-electron chi connectivity index (χ1n) is 7.69. The van der Waals surface area contributed by atoms with Crippen LogP contribution in [-0.2, 0) is 24.2 Å². The minimum absolute atomic E-state index is 0.231. The lowest BCUT2D eigenvalue weighted by molar-refractivity contribution is -0.124. The fourth-order valence-electron chi connectivity index (χ4n) is 2.78. The molecule has 3 rings (SSSR count). The summed E-state index contributed by atoms with van der Waals surface area (Å²) in [5.41, 5.74) is 2.54. The van der Waals surface area contributed by atoms with Gasteiger partial charge in [-0.05, 0) is 43.4 Å². The van der Waals surface area contributed by atoms with Gasteiger partial charge in [-0.25, -0.2) is 4.68 Å². The molecule has 0 bridgehead atoms. The van der Waals surface area contributed by atoms with E-state index in [2.05, 4.69) is 10.4 Å². The molecule has 1 heterocycles. The van der Waals surface area contributed by atoms with E-state index in [-0.39, 0.29) is 11.5 Å². The van der Waals surface area contributed by atoms with E-state index in [0.29, 0.717) is 11.6 Å². The summed E-state index contributed by atoms with van der Waals surface area (Å²) in [5, 5.41) is 7.78. The van der Waals surface area contributed by atoms with Crippen molar-refractivity contribution >= 4 is 17.5 Å².